The predicted octanol–water partition coefficient (Wildman–Crippen LogP) is 18.3. The topological polar surface area (TPSA) is 13.1 Å². The Morgan fingerprint density at radius 2 is 0.725 bits per heavy atom. The van der Waals surface area contributed by atoms with E-state index in [-0.39, 0.29) is 0 Å². The molecule has 2 aromatic heterocycles. The van der Waals surface area contributed by atoms with Crippen LogP contribution in [0.4, 0.5) is 17.1 Å². The fraction of sp³-hybridized carbons (Fsp3) is 0.0606. The SMILES string of the molecule is C1=CC(c2ccc(N(c3ccc(-c4ccc(-c5ccc6c(c5)c5ccccc5n6-c5ccccc5)cc4)cc3)c3ccc(-c4ccc5c(c4)c4ccccc4n5C4=CCCC=C4)cc3)cc2)=CCC1. The number of hydrogen-bond donors (Lipinski definition) is 0. The second-order valence-corrected chi connectivity index (χ2v) is 18.3. The number of rotatable bonds is 9. The number of hydrogen-bond acceptors (Lipinski definition) is 1. The first kappa shape index (κ1) is 40.6. The Labute approximate surface area is 403 Å². The van der Waals surface area contributed by atoms with Gasteiger partial charge in [0, 0.05) is 50.0 Å². The van der Waals surface area contributed by atoms with Crippen LogP contribution in [0.25, 0.3) is 93.9 Å². The van der Waals surface area contributed by atoms with Crippen LogP contribution in [0.1, 0.15) is 31.2 Å². The average Bonchev–Trinajstić information content (AvgIpc) is 3.95. The molecule has 2 aliphatic rings. The second kappa shape index (κ2) is 17.2. The third-order valence-corrected chi connectivity index (χ3v) is 14.2. The Bertz CT molecular complexity index is 3840. The van der Waals surface area contributed by atoms with Crippen molar-refractivity contribution in [2.75, 3.05) is 4.90 Å². The lowest BCUT2D eigenvalue weighted by molar-refractivity contribution is 1.02. The van der Waals surface area contributed by atoms with E-state index in [0.29, 0.717) is 0 Å². The van der Waals surface area contributed by atoms with Crippen molar-refractivity contribution in [1.29, 1.82) is 0 Å². The van der Waals surface area contributed by atoms with Crippen LogP contribution in [0, 0.1) is 0 Å². The van der Waals surface area contributed by atoms with E-state index in [2.05, 4.69) is 263 Å². The minimum Gasteiger partial charge on any atom is -0.311 e. The number of allylic oxidation sites excluding steroid dienone is 8. The molecule has 3 nitrogen and oxygen atoms in total. The van der Waals surface area contributed by atoms with Crippen molar-refractivity contribution in [3.8, 4) is 39.1 Å². The van der Waals surface area contributed by atoms with Crippen LogP contribution in [-0.4, -0.2) is 9.13 Å². The minimum atomic E-state index is 1.07. The van der Waals surface area contributed by atoms with Gasteiger partial charge in [-0.3, -0.25) is 0 Å². The second-order valence-electron chi connectivity index (χ2n) is 18.3. The lowest BCUT2D eigenvalue weighted by Crippen LogP contribution is -2.10. The molecule has 3 heteroatoms. The molecule has 13 rings (SSSR count). The molecule has 0 spiro atoms. The van der Waals surface area contributed by atoms with Gasteiger partial charge in [0.05, 0.1) is 22.1 Å². The van der Waals surface area contributed by atoms with Crippen molar-refractivity contribution in [2.45, 2.75) is 25.7 Å². The lowest BCUT2D eigenvalue weighted by Gasteiger charge is -2.26. The quantitative estimate of drug-likeness (QED) is 0.141. The third kappa shape index (κ3) is 7.31. The van der Waals surface area contributed by atoms with Crippen molar-refractivity contribution in [1.82, 2.24) is 9.13 Å². The van der Waals surface area contributed by atoms with Gasteiger partial charge in [-0.1, -0.05) is 158 Å². The Morgan fingerprint density at radius 1 is 0.304 bits per heavy atom. The standard InChI is InChI=1S/C66H49N3/c1-4-14-46(15-5-1)48-28-36-56(37-29-48)67(58-40-32-51(33-41-58)53-35-43-66-62(45-53)60-21-11-13-23-64(60)69(66)55-18-8-3-9-19-55)57-38-30-49(31-39-57)47-24-26-50(27-25-47)52-34-42-65-61(44-52)59-20-10-12-22-63(59)68(65)54-16-6-2-7-17-54/h2,4,6-8,10-45H,1,3,5,9H2. The molecule has 328 valence electrons. The fourth-order valence-corrected chi connectivity index (χ4v) is 10.7. The summed E-state index contributed by atoms with van der Waals surface area (Å²) in [5.41, 5.74) is 20.4. The summed E-state index contributed by atoms with van der Waals surface area (Å²) in [5.74, 6) is 0. The van der Waals surface area contributed by atoms with Crippen LogP contribution in [0.5, 0.6) is 0 Å². The number of anilines is 3. The summed E-state index contributed by atoms with van der Waals surface area (Å²) in [7, 11) is 0. The highest BCUT2D eigenvalue weighted by Crippen LogP contribution is 2.41. The number of aromatic nitrogens is 2. The van der Waals surface area contributed by atoms with E-state index in [9.17, 15) is 0 Å². The molecule has 0 bridgehead atoms. The molecular weight excluding hydrogens is 835 g/mol. The van der Waals surface area contributed by atoms with Gasteiger partial charge in [0.2, 0.25) is 0 Å². The largest absolute Gasteiger partial charge is 0.311 e. The monoisotopic (exact) mass is 883 g/mol. The number of fused-ring (bicyclic) bond motifs is 6. The van der Waals surface area contributed by atoms with Gasteiger partial charge in [-0.05, 0) is 161 Å². The summed E-state index contributed by atoms with van der Waals surface area (Å²) in [6, 6.07) is 78.2. The van der Waals surface area contributed by atoms with E-state index in [4.69, 9.17) is 0 Å². The zero-order valence-electron chi connectivity index (χ0n) is 38.3. The smallest absolute Gasteiger partial charge is 0.0541 e. The predicted molar refractivity (Wildman–Crippen MR) is 294 cm³/mol. The molecule has 2 aliphatic carbocycles. The summed E-state index contributed by atoms with van der Waals surface area (Å²) >= 11 is 0. The number of nitrogens with zero attached hydrogens (tertiary/aromatic N) is 3. The Hall–Kier alpha value is -8.66. The first-order valence-electron chi connectivity index (χ1n) is 24.3. The molecule has 69 heavy (non-hydrogen) atoms. The van der Waals surface area contributed by atoms with Gasteiger partial charge in [-0.2, -0.15) is 0 Å². The van der Waals surface area contributed by atoms with Crippen molar-refractivity contribution in [3.05, 3.63) is 254 Å². The van der Waals surface area contributed by atoms with E-state index >= 15 is 0 Å². The van der Waals surface area contributed by atoms with E-state index in [1.807, 2.05) is 0 Å². The Morgan fingerprint density at radius 3 is 1.25 bits per heavy atom. The van der Waals surface area contributed by atoms with Gasteiger partial charge in [-0.15, -0.1) is 0 Å². The zero-order chi connectivity index (χ0) is 45.7. The van der Waals surface area contributed by atoms with Gasteiger partial charge < -0.3 is 14.0 Å². The molecule has 0 radical (unpaired) electrons. The van der Waals surface area contributed by atoms with Crippen molar-refractivity contribution in [2.24, 2.45) is 0 Å². The molecule has 9 aromatic carbocycles. The van der Waals surface area contributed by atoms with Gasteiger partial charge in [0.1, 0.15) is 0 Å². The number of para-hydroxylation sites is 3. The fourth-order valence-electron chi connectivity index (χ4n) is 10.7. The molecule has 0 atom stereocenters. The summed E-state index contributed by atoms with van der Waals surface area (Å²) in [6.45, 7) is 0. The van der Waals surface area contributed by atoms with Crippen molar-refractivity contribution < 1.29 is 0 Å². The minimum absolute atomic E-state index is 1.07. The molecule has 0 amide bonds. The van der Waals surface area contributed by atoms with Crippen LogP contribution in [-0.2, 0) is 0 Å². The maximum atomic E-state index is 2.42. The van der Waals surface area contributed by atoms with E-state index in [1.165, 1.54) is 99.5 Å². The molecule has 2 heterocycles. The molecule has 0 unspecified atom stereocenters. The van der Waals surface area contributed by atoms with Gasteiger partial charge in [-0.25, -0.2) is 0 Å². The van der Waals surface area contributed by atoms with Crippen LogP contribution < -0.4 is 4.90 Å². The van der Waals surface area contributed by atoms with Crippen LogP contribution in [0.15, 0.2) is 249 Å². The lowest BCUT2D eigenvalue weighted by atomic mass is 9.98. The summed E-state index contributed by atoms with van der Waals surface area (Å²) in [6.07, 6.45) is 18.2. The summed E-state index contributed by atoms with van der Waals surface area (Å²) in [4.78, 5) is 2.37. The summed E-state index contributed by atoms with van der Waals surface area (Å²) < 4.78 is 4.79. The first-order chi connectivity index (χ1) is 34.2. The first-order valence-corrected chi connectivity index (χ1v) is 24.3. The van der Waals surface area contributed by atoms with Crippen LogP contribution >= 0.6 is 0 Å². The van der Waals surface area contributed by atoms with Gasteiger partial charge in [0.15, 0.2) is 0 Å². The highest BCUT2D eigenvalue weighted by molar-refractivity contribution is 6.12. The third-order valence-electron chi connectivity index (χ3n) is 14.2. The molecule has 0 saturated carbocycles. The maximum absolute atomic E-state index is 2.42. The molecule has 11 aromatic rings. The molecule has 0 N–H and O–H groups in total. The summed E-state index contributed by atoms with van der Waals surface area (Å²) in [5, 5.41) is 5.07. The maximum Gasteiger partial charge on any atom is 0.0541 e. The zero-order valence-corrected chi connectivity index (χ0v) is 38.3. The average molecular weight is 884 g/mol. The number of benzene rings is 9. The van der Waals surface area contributed by atoms with Crippen molar-refractivity contribution >= 4 is 71.9 Å². The van der Waals surface area contributed by atoms with Crippen LogP contribution in [0.3, 0.4) is 0 Å². The van der Waals surface area contributed by atoms with E-state index in [1.54, 1.807) is 0 Å². The highest BCUT2D eigenvalue weighted by Gasteiger charge is 2.18. The van der Waals surface area contributed by atoms with Crippen molar-refractivity contribution in [3.63, 3.8) is 0 Å². The molecule has 0 saturated heterocycles. The molecular formula is C66H49N3. The van der Waals surface area contributed by atoms with Crippen LogP contribution in [0.2, 0.25) is 0 Å². The highest BCUT2D eigenvalue weighted by atomic mass is 15.1. The Kier molecular flexibility index (Phi) is 10.1. The molecule has 0 fully saturated rings. The normalized spacial score (nSPS) is 13.6. The molecule has 0 aliphatic heterocycles. The van der Waals surface area contributed by atoms with Gasteiger partial charge in [0.25, 0.3) is 0 Å². The Balaban J connectivity index is 0.818. The van der Waals surface area contributed by atoms with E-state index in [0.717, 1.165) is 42.7 Å². The van der Waals surface area contributed by atoms with E-state index < -0.39 is 0 Å². The van der Waals surface area contributed by atoms with Gasteiger partial charge >= 0.3 is 0 Å².